The van der Waals surface area contributed by atoms with E-state index in [1.54, 1.807) is 0 Å². The van der Waals surface area contributed by atoms with Gasteiger partial charge in [0.15, 0.2) is 23.9 Å². The maximum atomic E-state index is 10.7. The summed E-state index contributed by atoms with van der Waals surface area (Å²) >= 11 is 0. The molecule has 10 heavy (non-hydrogen) atoms. The Balaban J connectivity index is 3.39. The Morgan fingerprint density at radius 2 is 1.30 bits per heavy atom. The summed E-state index contributed by atoms with van der Waals surface area (Å²) in [7, 11) is -7.03. The van der Waals surface area contributed by atoms with Gasteiger partial charge in [-0.25, -0.2) is 16.8 Å². The molecule has 0 N–H and O–H groups in total. The van der Waals surface area contributed by atoms with E-state index in [1.165, 1.54) is 0 Å². The molecule has 0 aromatic carbocycles. The third-order valence-corrected chi connectivity index (χ3v) is 5.97. The summed E-state index contributed by atoms with van der Waals surface area (Å²) in [5.41, 5.74) is 0. The van der Waals surface area contributed by atoms with Crippen LogP contribution in [0.15, 0.2) is 10.8 Å². The molecule has 0 spiro atoms. The van der Waals surface area contributed by atoms with Crippen LogP contribution in [-0.4, -0.2) is 28.3 Å². The van der Waals surface area contributed by atoms with Crippen LogP contribution in [0.1, 0.15) is 0 Å². The molecule has 0 unspecified atom stereocenters. The Kier molecular flexibility index (Phi) is 1.41. The molecule has 6 heteroatoms. The fourth-order valence-electron chi connectivity index (χ4n) is 0.641. The molecular weight excluding hydrogens is 176 g/mol. The van der Waals surface area contributed by atoms with Gasteiger partial charge in [0.25, 0.3) is 0 Å². The van der Waals surface area contributed by atoms with Gasteiger partial charge >= 0.3 is 0 Å². The van der Waals surface area contributed by atoms with Crippen LogP contribution in [0.4, 0.5) is 0 Å². The first-order valence-corrected chi connectivity index (χ1v) is 5.81. The van der Waals surface area contributed by atoms with Crippen molar-refractivity contribution in [3.05, 3.63) is 10.8 Å². The highest BCUT2D eigenvalue weighted by Gasteiger charge is 2.36. The maximum Gasteiger partial charge on any atom is 0.189 e. The van der Waals surface area contributed by atoms with Crippen LogP contribution in [0, 0.1) is 0 Å². The van der Waals surface area contributed by atoms with E-state index >= 15 is 0 Å². The lowest BCUT2D eigenvalue weighted by molar-refractivity contribution is 0.605. The first-order valence-electron chi connectivity index (χ1n) is 2.51. The van der Waals surface area contributed by atoms with Crippen molar-refractivity contribution in [1.82, 2.24) is 0 Å². The molecule has 1 rings (SSSR count). The minimum Gasteiger partial charge on any atom is -0.223 e. The van der Waals surface area contributed by atoms with Crippen molar-refractivity contribution in [2.24, 2.45) is 0 Å². The number of rotatable bonds is 0. The van der Waals surface area contributed by atoms with Crippen molar-refractivity contribution in [2.45, 2.75) is 0 Å². The van der Waals surface area contributed by atoms with Crippen molar-refractivity contribution in [3.63, 3.8) is 0 Å². The normalized spacial score (nSPS) is 28.6. The van der Waals surface area contributed by atoms with E-state index in [9.17, 15) is 16.8 Å². The predicted octanol–water partition coefficient (Wildman–Crippen LogP) is -0.699. The summed E-state index contributed by atoms with van der Waals surface area (Å²) in [6.07, 6.45) is 0. The van der Waals surface area contributed by atoms with Gasteiger partial charge in [-0.2, -0.15) is 0 Å². The van der Waals surface area contributed by atoms with E-state index in [1.807, 2.05) is 0 Å². The lowest BCUT2D eigenvalue weighted by Crippen LogP contribution is -2.00. The highest BCUT2D eigenvalue weighted by molar-refractivity contribution is 8.17. The number of hydrogen-bond acceptors (Lipinski definition) is 4. The molecule has 0 aromatic rings. The predicted molar refractivity (Wildman–Crippen MR) is 36.7 cm³/mol. The standard InChI is InChI=1S/C4H6O4S2/c1-4-9(5,6)2-3-10(4,7)8/h1-3H2. The summed E-state index contributed by atoms with van der Waals surface area (Å²) < 4.78 is 42.2. The second-order valence-electron chi connectivity index (χ2n) is 2.01. The highest BCUT2D eigenvalue weighted by Crippen LogP contribution is 2.21. The molecule has 1 aliphatic heterocycles. The van der Waals surface area contributed by atoms with Crippen LogP contribution in [0.25, 0.3) is 0 Å². The molecule has 0 saturated carbocycles. The quantitative estimate of drug-likeness (QED) is 0.497. The van der Waals surface area contributed by atoms with Gasteiger partial charge in [-0.3, -0.25) is 0 Å². The fraction of sp³-hybridized carbons (Fsp3) is 0.500. The summed E-state index contributed by atoms with van der Waals surface area (Å²) in [6, 6.07) is 0. The number of sulfone groups is 2. The second-order valence-corrected chi connectivity index (χ2v) is 6.53. The molecule has 58 valence electrons. The molecule has 1 aliphatic rings. The Hall–Kier alpha value is -0.360. The molecule has 0 radical (unpaired) electrons. The maximum absolute atomic E-state index is 10.7. The summed E-state index contributed by atoms with van der Waals surface area (Å²) in [6.45, 7) is 2.98. The third-order valence-electron chi connectivity index (χ3n) is 1.31. The Labute approximate surface area is 59.4 Å². The van der Waals surface area contributed by atoms with Gasteiger partial charge in [0.2, 0.25) is 0 Å². The van der Waals surface area contributed by atoms with Crippen LogP contribution in [0.2, 0.25) is 0 Å². The van der Waals surface area contributed by atoms with Crippen LogP contribution in [0.3, 0.4) is 0 Å². The Bertz CT molecular complexity index is 322. The van der Waals surface area contributed by atoms with Gasteiger partial charge in [0.05, 0.1) is 11.5 Å². The molecular formula is C4H6O4S2. The largest absolute Gasteiger partial charge is 0.223 e. The van der Waals surface area contributed by atoms with Crippen LogP contribution in [0.5, 0.6) is 0 Å². The van der Waals surface area contributed by atoms with E-state index in [2.05, 4.69) is 6.58 Å². The summed E-state index contributed by atoms with van der Waals surface area (Å²) in [5, 5.41) is 0. The van der Waals surface area contributed by atoms with Crippen LogP contribution in [-0.2, 0) is 19.7 Å². The topological polar surface area (TPSA) is 68.3 Å². The fourth-order valence-corrected chi connectivity index (χ4v) is 4.90. The van der Waals surface area contributed by atoms with E-state index in [4.69, 9.17) is 0 Å². The van der Waals surface area contributed by atoms with Crippen molar-refractivity contribution in [3.8, 4) is 0 Å². The SMILES string of the molecule is C=C1S(=O)(=O)CCS1(=O)=O. The zero-order valence-electron chi connectivity index (χ0n) is 5.07. The van der Waals surface area contributed by atoms with E-state index in [0.29, 0.717) is 0 Å². The van der Waals surface area contributed by atoms with Crippen molar-refractivity contribution < 1.29 is 16.8 Å². The first-order chi connectivity index (χ1) is 4.36. The Morgan fingerprint density at radius 3 is 1.40 bits per heavy atom. The minimum absolute atomic E-state index is 0.311. The van der Waals surface area contributed by atoms with Crippen molar-refractivity contribution in [1.29, 1.82) is 0 Å². The summed E-state index contributed by atoms with van der Waals surface area (Å²) in [5.74, 6) is -0.623. The van der Waals surface area contributed by atoms with E-state index in [0.717, 1.165) is 0 Å². The minimum atomic E-state index is -3.52. The molecule has 0 aromatic heterocycles. The Morgan fingerprint density at radius 1 is 1.00 bits per heavy atom. The average Bonchev–Trinajstić information content (AvgIpc) is 1.95. The van der Waals surface area contributed by atoms with Gasteiger partial charge in [-0.05, 0) is 0 Å². The molecule has 0 amide bonds. The first kappa shape index (κ1) is 7.74. The lowest BCUT2D eigenvalue weighted by atomic mass is 11.0. The van der Waals surface area contributed by atoms with Gasteiger partial charge < -0.3 is 0 Å². The smallest absolute Gasteiger partial charge is 0.189 e. The number of hydrogen-bond donors (Lipinski definition) is 0. The molecule has 4 nitrogen and oxygen atoms in total. The van der Waals surface area contributed by atoms with Gasteiger partial charge in [0.1, 0.15) is 0 Å². The zero-order valence-corrected chi connectivity index (χ0v) is 6.70. The van der Waals surface area contributed by atoms with Gasteiger partial charge in [0, 0.05) is 0 Å². The molecule has 1 heterocycles. The van der Waals surface area contributed by atoms with E-state index < -0.39 is 23.9 Å². The summed E-state index contributed by atoms with van der Waals surface area (Å²) in [4.78, 5) is 0. The van der Waals surface area contributed by atoms with Crippen LogP contribution < -0.4 is 0 Å². The van der Waals surface area contributed by atoms with Crippen molar-refractivity contribution >= 4 is 19.7 Å². The van der Waals surface area contributed by atoms with Gasteiger partial charge in [-0.15, -0.1) is 0 Å². The molecule has 1 fully saturated rings. The van der Waals surface area contributed by atoms with Crippen LogP contribution >= 0.6 is 0 Å². The molecule has 0 atom stereocenters. The monoisotopic (exact) mass is 182 g/mol. The second kappa shape index (κ2) is 1.82. The molecule has 1 saturated heterocycles. The van der Waals surface area contributed by atoms with Gasteiger partial charge in [-0.1, -0.05) is 6.58 Å². The highest BCUT2D eigenvalue weighted by atomic mass is 32.3. The zero-order chi connectivity index (χ0) is 7.99. The third kappa shape index (κ3) is 0.969. The van der Waals surface area contributed by atoms with Crippen molar-refractivity contribution in [2.75, 3.05) is 11.5 Å². The average molecular weight is 182 g/mol. The van der Waals surface area contributed by atoms with E-state index in [-0.39, 0.29) is 11.5 Å². The lowest BCUT2D eigenvalue weighted by Gasteiger charge is -1.88. The molecule has 0 bridgehead atoms. The molecule has 0 aliphatic carbocycles.